The largest absolute Gasteiger partial charge is 0.379 e. The second-order valence-electron chi connectivity index (χ2n) is 4.52. The Hall–Kier alpha value is -0.610. The van der Waals surface area contributed by atoms with Gasteiger partial charge in [-0.2, -0.15) is 0 Å². The van der Waals surface area contributed by atoms with Gasteiger partial charge in [0.05, 0.1) is 11.6 Å². The van der Waals surface area contributed by atoms with E-state index in [2.05, 4.69) is 19.2 Å². The molecule has 0 aliphatic rings. The monoisotopic (exact) mass is 230 g/mol. The molecule has 0 aromatic rings. The van der Waals surface area contributed by atoms with Crippen molar-refractivity contribution in [3.05, 3.63) is 0 Å². The van der Waals surface area contributed by atoms with E-state index in [1.807, 2.05) is 6.92 Å². The van der Waals surface area contributed by atoms with E-state index in [9.17, 15) is 4.79 Å². The lowest BCUT2D eigenvalue weighted by molar-refractivity contribution is -0.124. The number of nitrogens with two attached hydrogens (primary N) is 1. The highest BCUT2D eigenvalue weighted by Gasteiger charge is 2.27. The molecule has 0 saturated carbocycles. The average Bonchev–Trinajstić information content (AvgIpc) is 2.24. The van der Waals surface area contributed by atoms with Crippen LogP contribution in [0.3, 0.4) is 0 Å². The maximum atomic E-state index is 11.2. The standard InChI is InChI=1S/C12H26N2O2/c1-5-7-10(2)16-9-6-8-12(3,14-4)11(13)15/h10,14H,5-9H2,1-4H3,(H2,13,15). The zero-order valence-electron chi connectivity index (χ0n) is 11.0. The molecule has 0 heterocycles. The van der Waals surface area contributed by atoms with Crippen molar-refractivity contribution in [3.8, 4) is 0 Å². The first kappa shape index (κ1) is 15.4. The highest BCUT2D eigenvalue weighted by atomic mass is 16.5. The molecule has 16 heavy (non-hydrogen) atoms. The van der Waals surface area contributed by atoms with E-state index >= 15 is 0 Å². The summed E-state index contributed by atoms with van der Waals surface area (Å²) in [6, 6.07) is 0. The van der Waals surface area contributed by atoms with Crippen molar-refractivity contribution in [3.63, 3.8) is 0 Å². The third kappa shape index (κ3) is 5.47. The first-order chi connectivity index (χ1) is 7.46. The van der Waals surface area contributed by atoms with Crippen LogP contribution in [0.1, 0.15) is 46.5 Å². The zero-order chi connectivity index (χ0) is 12.6. The molecule has 0 spiro atoms. The van der Waals surface area contributed by atoms with Gasteiger partial charge in [0, 0.05) is 6.61 Å². The van der Waals surface area contributed by atoms with Crippen LogP contribution in [-0.4, -0.2) is 31.2 Å². The highest BCUT2D eigenvalue weighted by molar-refractivity contribution is 5.84. The molecule has 0 fully saturated rings. The third-order valence-electron chi connectivity index (χ3n) is 3.01. The van der Waals surface area contributed by atoms with Gasteiger partial charge in [-0.1, -0.05) is 13.3 Å². The van der Waals surface area contributed by atoms with Crippen molar-refractivity contribution in [1.29, 1.82) is 0 Å². The van der Waals surface area contributed by atoms with E-state index in [-0.39, 0.29) is 5.91 Å². The number of ether oxygens (including phenoxy) is 1. The van der Waals surface area contributed by atoms with Crippen LogP contribution < -0.4 is 11.1 Å². The van der Waals surface area contributed by atoms with E-state index in [4.69, 9.17) is 10.5 Å². The SMILES string of the molecule is CCCC(C)OCCCC(C)(NC)C(N)=O. The Labute approximate surface area is 98.9 Å². The topological polar surface area (TPSA) is 64.3 Å². The molecule has 0 bridgehead atoms. The van der Waals surface area contributed by atoms with Crippen LogP contribution in [0.25, 0.3) is 0 Å². The number of rotatable bonds is 9. The van der Waals surface area contributed by atoms with Crippen LogP contribution in [0.4, 0.5) is 0 Å². The lowest BCUT2D eigenvalue weighted by atomic mass is 9.95. The van der Waals surface area contributed by atoms with Gasteiger partial charge in [-0.15, -0.1) is 0 Å². The second kappa shape index (κ2) is 7.63. The van der Waals surface area contributed by atoms with E-state index in [0.717, 1.165) is 19.3 Å². The molecule has 0 rings (SSSR count). The molecule has 4 heteroatoms. The first-order valence-corrected chi connectivity index (χ1v) is 6.06. The second-order valence-corrected chi connectivity index (χ2v) is 4.52. The summed E-state index contributed by atoms with van der Waals surface area (Å²) in [6.45, 7) is 6.73. The molecule has 0 radical (unpaired) electrons. The fourth-order valence-corrected chi connectivity index (χ4v) is 1.57. The van der Waals surface area contributed by atoms with Crippen molar-refractivity contribution in [2.24, 2.45) is 5.73 Å². The predicted molar refractivity (Wildman–Crippen MR) is 66.2 cm³/mol. The molecular formula is C12H26N2O2. The van der Waals surface area contributed by atoms with Gasteiger partial charge in [0.25, 0.3) is 0 Å². The Balaban J connectivity index is 3.76. The van der Waals surface area contributed by atoms with E-state index in [0.29, 0.717) is 19.1 Å². The summed E-state index contributed by atoms with van der Waals surface area (Å²) < 4.78 is 5.62. The minimum absolute atomic E-state index is 0.305. The van der Waals surface area contributed by atoms with Crippen LogP contribution in [0.15, 0.2) is 0 Å². The van der Waals surface area contributed by atoms with Gasteiger partial charge in [-0.05, 0) is 40.2 Å². The Morgan fingerprint density at radius 1 is 1.56 bits per heavy atom. The van der Waals surface area contributed by atoms with Crippen LogP contribution >= 0.6 is 0 Å². The number of nitrogens with one attached hydrogen (secondary N) is 1. The van der Waals surface area contributed by atoms with Crippen molar-refractivity contribution in [2.75, 3.05) is 13.7 Å². The fourth-order valence-electron chi connectivity index (χ4n) is 1.57. The lowest BCUT2D eigenvalue weighted by Gasteiger charge is -2.25. The highest BCUT2D eigenvalue weighted by Crippen LogP contribution is 2.12. The molecule has 2 unspecified atom stereocenters. The number of amides is 1. The number of hydrogen-bond acceptors (Lipinski definition) is 3. The first-order valence-electron chi connectivity index (χ1n) is 6.06. The molecule has 0 aromatic carbocycles. The number of primary amides is 1. The van der Waals surface area contributed by atoms with E-state index < -0.39 is 5.54 Å². The number of likely N-dealkylation sites (N-methyl/N-ethyl adjacent to an activating group) is 1. The summed E-state index contributed by atoms with van der Waals surface area (Å²) in [5.41, 5.74) is 4.72. The molecule has 0 saturated heterocycles. The number of carbonyl (C=O) groups excluding carboxylic acids is 1. The normalized spacial score (nSPS) is 16.8. The minimum atomic E-state index is -0.614. The van der Waals surface area contributed by atoms with Gasteiger partial charge in [0.2, 0.25) is 5.91 Å². The Morgan fingerprint density at radius 3 is 2.62 bits per heavy atom. The maximum Gasteiger partial charge on any atom is 0.237 e. The van der Waals surface area contributed by atoms with E-state index in [1.54, 1.807) is 7.05 Å². The van der Waals surface area contributed by atoms with Gasteiger partial charge in [-0.3, -0.25) is 4.79 Å². The molecule has 4 nitrogen and oxygen atoms in total. The summed E-state index contributed by atoms with van der Waals surface area (Å²) in [6.07, 6.45) is 4.07. The summed E-state index contributed by atoms with van der Waals surface area (Å²) in [4.78, 5) is 11.2. The van der Waals surface area contributed by atoms with Crippen LogP contribution in [0.2, 0.25) is 0 Å². The van der Waals surface area contributed by atoms with Crippen molar-refractivity contribution in [1.82, 2.24) is 5.32 Å². The number of carbonyl (C=O) groups is 1. The van der Waals surface area contributed by atoms with Gasteiger partial charge >= 0.3 is 0 Å². The third-order valence-corrected chi connectivity index (χ3v) is 3.01. The number of hydrogen-bond donors (Lipinski definition) is 2. The Morgan fingerprint density at radius 2 is 2.19 bits per heavy atom. The van der Waals surface area contributed by atoms with Crippen molar-refractivity contribution >= 4 is 5.91 Å². The van der Waals surface area contributed by atoms with Gasteiger partial charge in [-0.25, -0.2) is 0 Å². The van der Waals surface area contributed by atoms with Crippen LogP contribution in [0, 0.1) is 0 Å². The van der Waals surface area contributed by atoms with Gasteiger partial charge in [0.15, 0.2) is 0 Å². The van der Waals surface area contributed by atoms with Gasteiger partial charge in [0.1, 0.15) is 0 Å². The fraction of sp³-hybridized carbons (Fsp3) is 0.917. The van der Waals surface area contributed by atoms with Crippen molar-refractivity contribution in [2.45, 2.75) is 58.1 Å². The predicted octanol–water partition coefficient (Wildman–Crippen LogP) is 1.44. The molecule has 0 aliphatic heterocycles. The zero-order valence-corrected chi connectivity index (χ0v) is 11.0. The van der Waals surface area contributed by atoms with Crippen molar-refractivity contribution < 1.29 is 9.53 Å². The molecule has 0 aliphatic carbocycles. The Bertz CT molecular complexity index is 209. The van der Waals surface area contributed by atoms with Gasteiger partial charge < -0.3 is 15.8 Å². The molecule has 0 aromatic heterocycles. The Kier molecular flexibility index (Phi) is 7.34. The molecular weight excluding hydrogens is 204 g/mol. The van der Waals surface area contributed by atoms with Crippen LogP contribution in [0.5, 0.6) is 0 Å². The summed E-state index contributed by atoms with van der Waals surface area (Å²) in [5.74, 6) is -0.309. The summed E-state index contributed by atoms with van der Waals surface area (Å²) >= 11 is 0. The molecule has 2 atom stereocenters. The smallest absolute Gasteiger partial charge is 0.237 e. The molecule has 1 amide bonds. The quantitative estimate of drug-likeness (QED) is 0.589. The maximum absolute atomic E-state index is 11.2. The minimum Gasteiger partial charge on any atom is -0.379 e. The molecule has 96 valence electrons. The summed E-state index contributed by atoms with van der Waals surface area (Å²) in [7, 11) is 1.76. The van der Waals surface area contributed by atoms with Crippen LogP contribution in [-0.2, 0) is 9.53 Å². The average molecular weight is 230 g/mol. The van der Waals surface area contributed by atoms with E-state index in [1.165, 1.54) is 0 Å². The molecule has 3 N–H and O–H groups in total. The lowest BCUT2D eigenvalue weighted by Crippen LogP contribution is -2.51. The summed E-state index contributed by atoms with van der Waals surface area (Å²) in [5, 5.41) is 2.96.